The van der Waals surface area contributed by atoms with E-state index in [2.05, 4.69) is 5.32 Å². The molecule has 0 bridgehead atoms. The van der Waals surface area contributed by atoms with Crippen molar-refractivity contribution in [3.05, 3.63) is 65.2 Å². The van der Waals surface area contributed by atoms with Gasteiger partial charge < -0.3 is 9.80 Å². The van der Waals surface area contributed by atoms with Crippen LogP contribution in [0.1, 0.15) is 28.4 Å². The van der Waals surface area contributed by atoms with Crippen molar-refractivity contribution in [2.75, 3.05) is 26.2 Å². The van der Waals surface area contributed by atoms with Crippen LogP contribution in [0.15, 0.2) is 53.5 Å². The summed E-state index contributed by atoms with van der Waals surface area (Å²) in [6, 6.07) is 15.3. The van der Waals surface area contributed by atoms with Crippen LogP contribution in [0.3, 0.4) is 0 Å². The largest absolute Gasteiger partial charge is 0.339 e. The van der Waals surface area contributed by atoms with Crippen molar-refractivity contribution in [3.8, 4) is 0 Å². The number of piperazine rings is 1. The van der Waals surface area contributed by atoms with E-state index in [0.717, 1.165) is 16.8 Å². The molecule has 1 N–H and O–H groups in total. The number of benzene rings is 2. The van der Waals surface area contributed by atoms with Crippen LogP contribution in [0.25, 0.3) is 0 Å². The summed E-state index contributed by atoms with van der Waals surface area (Å²) < 4.78 is 0. The van der Waals surface area contributed by atoms with Crippen molar-refractivity contribution in [2.45, 2.75) is 20.8 Å². The van der Waals surface area contributed by atoms with E-state index < -0.39 is 0 Å². The first-order valence-corrected chi connectivity index (χ1v) is 9.47. The van der Waals surface area contributed by atoms with Gasteiger partial charge >= 0.3 is 0 Å². The van der Waals surface area contributed by atoms with Gasteiger partial charge in [-0.15, -0.1) is 0 Å². The number of aryl methyl sites for hydroxylation is 2. The molecule has 0 atom stereocenters. The molecule has 1 aliphatic heterocycles. The van der Waals surface area contributed by atoms with Crippen LogP contribution in [0.2, 0.25) is 0 Å². The third-order valence-electron chi connectivity index (χ3n) is 4.91. The van der Waals surface area contributed by atoms with Crippen molar-refractivity contribution < 1.29 is 9.59 Å². The molecule has 0 saturated carbocycles. The van der Waals surface area contributed by atoms with Gasteiger partial charge in [-0.05, 0) is 37.6 Å². The Hall–Kier alpha value is -3.15. The number of guanidine groups is 1. The third kappa shape index (κ3) is 4.76. The maximum absolute atomic E-state index is 12.9. The Morgan fingerprint density at radius 3 is 2.11 bits per heavy atom. The van der Waals surface area contributed by atoms with Crippen molar-refractivity contribution in [3.63, 3.8) is 0 Å². The maximum atomic E-state index is 12.9. The SMILES string of the molecule is CC(=O)N1CCN(C(=Nc2ccc(C)cc2)NC(=O)c2ccccc2C)CC1. The lowest BCUT2D eigenvalue weighted by molar-refractivity contribution is -0.130. The average molecular weight is 378 g/mol. The number of nitrogens with zero attached hydrogens (tertiary/aromatic N) is 3. The average Bonchev–Trinajstić information content (AvgIpc) is 2.69. The summed E-state index contributed by atoms with van der Waals surface area (Å²) in [6.45, 7) is 7.99. The molecular weight excluding hydrogens is 352 g/mol. The molecule has 28 heavy (non-hydrogen) atoms. The number of aliphatic imine (C=N–C) groups is 1. The second-order valence-corrected chi connectivity index (χ2v) is 7.03. The highest BCUT2D eigenvalue weighted by Crippen LogP contribution is 2.15. The summed E-state index contributed by atoms with van der Waals surface area (Å²) in [4.78, 5) is 33.0. The Balaban J connectivity index is 1.84. The first-order chi connectivity index (χ1) is 13.4. The standard InChI is InChI=1S/C22H26N4O2/c1-16-8-10-19(11-9-16)23-22(26-14-12-25(13-15-26)18(3)27)24-21(28)20-7-5-4-6-17(20)2/h4-11H,12-15H2,1-3H3,(H,23,24,28). The van der Waals surface area contributed by atoms with Gasteiger partial charge in [-0.3, -0.25) is 14.9 Å². The highest BCUT2D eigenvalue weighted by molar-refractivity contribution is 6.07. The van der Waals surface area contributed by atoms with E-state index >= 15 is 0 Å². The van der Waals surface area contributed by atoms with Crippen LogP contribution >= 0.6 is 0 Å². The minimum atomic E-state index is -0.182. The Morgan fingerprint density at radius 2 is 1.50 bits per heavy atom. The molecular formula is C22H26N4O2. The van der Waals surface area contributed by atoms with Gasteiger partial charge in [0.1, 0.15) is 0 Å². The van der Waals surface area contributed by atoms with Gasteiger partial charge in [0.25, 0.3) is 5.91 Å². The van der Waals surface area contributed by atoms with Crippen LogP contribution in [-0.2, 0) is 4.79 Å². The van der Waals surface area contributed by atoms with Crippen LogP contribution < -0.4 is 5.32 Å². The smallest absolute Gasteiger partial charge is 0.258 e. The van der Waals surface area contributed by atoms with Crippen molar-refractivity contribution in [2.24, 2.45) is 4.99 Å². The molecule has 0 aliphatic carbocycles. The Bertz CT molecular complexity index is 882. The van der Waals surface area contributed by atoms with Crippen LogP contribution in [0.5, 0.6) is 0 Å². The van der Waals surface area contributed by atoms with E-state index in [-0.39, 0.29) is 11.8 Å². The number of carbonyl (C=O) groups is 2. The van der Waals surface area contributed by atoms with Crippen molar-refractivity contribution >= 4 is 23.5 Å². The number of hydrogen-bond donors (Lipinski definition) is 1. The summed E-state index contributed by atoms with van der Waals surface area (Å²) in [5.74, 6) is 0.402. The summed E-state index contributed by atoms with van der Waals surface area (Å²) in [5.41, 5.74) is 3.47. The number of amides is 2. The van der Waals surface area contributed by atoms with Gasteiger partial charge in [0.15, 0.2) is 0 Å². The van der Waals surface area contributed by atoms with Crippen LogP contribution in [0, 0.1) is 13.8 Å². The zero-order valence-corrected chi connectivity index (χ0v) is 16.6. The van der Waals surface area contributed by atoms with E-state index in [0.29, 0.717) is 37.7 Å². The summed E-state index contributed by atoms with van der Waals surface area (Å²) in [6.07, 6.45) is 0. The zero-order chi connectivity index (χ0) is 20.1. The first kappa shape index (κ1) is 19.6. The highest BCUT2D eigenvalue weighted by Gasteiger charge is 2.23. The van der Waals surface area contributed by atoms with Crippen molar-refractivity contribution in [1.29, 1.82) is 0 Å². The summed E-state index contributed by atoms with van der Waals surface area (Å²) >= 11 is 0. The number of nitrogens with one attached hydrogen (secondary N) is 1. The lowest BCUT2D eigenvalue weighted by Gasteiger charge is -2.35. The summed E-state index contributed by atoms with van der Waals surface area (Å²) in [7, 11) is 0. The fourth-order valence-electron chi connectivity index (χ4n) is 3.15. The van der Waals surface area contributed by atoms with Gasteiger partial charge in [-0.2, -0.15) is 0 Å². The molecule has 2 aromatic carbocycles. The minimum Gasteiger partial charge on any atom is -0.339 e. The Morgan fingerprint density at radius 1 is 0.893 bits per heavy atom. The second kappa shape index (κ2) is 8.69. The first-order valence-electron chi connectivity index (χ1n) is 9.47. The molecule has 1 saturated heterocycles. The van der Waals surface area contributed by atoms with E-state index in [1.165, 1.54) is 0 Å². The van der Waals surface area contributed by atoms with E-state index in [4.69, 9.17) is 4.99 Å². The Kier molecular flexibility index (Phi) is 6.09. The molecule has 1 aliphatic rings. The highest BCUT2D eigenvalue weighted by atomic mass is 16.2. The van der Waals surface area contributed by atoms with E-state index in [1.54, 1.807) is 6.92 Å². The molecule has 6 heteroatoms. The molecule has 0 radical (unpaired) electrons. The zero-order valence-electron chi connectivity index (χ0n) is 16.6. The minimum absolute atomic E-state index is 0.0700. The van der Waals surface area contributed by atoms with Gasteiger partial charge in [0, 0.05) is 38.7 Å². The van der Waals surface area contributed by atoms with E-state index in [1.807, 2.05) is 72.2 Å². The van der Waals surface area contributed by atoms with Gasteiger partial charge in [-0.25, -0.2) is 4.99 Å². The lowest BCUT2D eigenvalue weighted by atomic mass is 10.1. The molecule has 6 nitrogen and oxygen atoms in total. The van der Waals surface area contributed by atoms with Gasteiger partial charge in [0.05, 0.1) is 5.69 Å². The molecule has 2 amide bonds. The van der Waals surface area contributed by atoms with Crippen LogP contribution in [-0.4, -0.2) is 53.8 Å². The number of carbonyl (C=O) groups excluding carboxylic acids is 2. The number of rotatable bonds is 2. The van der Waals surface area contributed by atoms with Gasteiger partial charge in [0.2, 0.25) is 11.9 Å². The number of hydrogen-bond acceptors (Lipinski definition) is 3. The van der Waals surface area contributed by atoms with Gasteiger partial charge in [-0.1, -0.05) is 35.9 Å². The Labute approximate surface area is 165 Å². The molecule has 0 unspecified atom stereocenters. The van der Waals surface area contributed by atoms with Crippen LogP contribution in [0.4, 0.5) is 5.69 Å². The summed E-state index contributed by atoms with van der Waals surface area (Å²) in [5, 5.41) is 2.98. The van der Waals surface area contributed by atoms with Crippen molar-refractivity contribution in [1.82, 2.24) is 15.1 Å². The lowest BCUT2D eigenvalue weighted by Crippen LogP contribution is -2.54. The molecule has 146 valence electrons. The fraction of sp³-hybridized carbons (Fsp3) is 0.318. The maximum Gasteiger partial charge on any atom is 0.258 e. The molecule has 0 spiro atoms. The normalized spacial score (nSPS) is 14.8. The quantitative estimate of drug-likeness (QED) is 0.646. The fourth-order valence-corrected chi connectivity index (χ4v) is 3.15. The molecule has 1 fully saturated rings. The monoisotopic (exact) mass is 378 g/mol. The molecule has 1 heterocycles. The molecule has 3 rings (SSSR count). The topological polar surface area (TPSA) is 65.0 Å². The molecule has 0 aromatic heterocycles. The van der Waals surface area contributed by atoms with E-state index in [9.17, 15) is 9.59 Å². The predicted octanol–water partition coefficient (Wildman–Crippen LogP) is 2.89. The molecule has 2 aromatic rings. The second-order valence-electron chi connectivity index (χ2n) is 7.03. The predicted molar refractivity (Wildman–Crippen MR) is 111 cm³/mol. The third-order valence-corrected chi connectivity index (χ3v) is 4.91.